The third-order valence-electron chi connectivity index (χ3n) is 4.10. The molecular weight excluding hydrogens is 445 g/mol. The zero-order valence-corrected chi connectivity index (χ0v) is 17.7. The fourth-order valence-corrected chi connectivity index (χ4v) is 4.41. The van der Waals surface area contributed by atoms with E-state index < -0.39 is 15.5 Å². The van der Waals surface area contributed by atoms with Crippen LogP contribution in [-0.2, 0) is 10.0 Å². The number of benzene rings is 1. The molecule has 0 aliphatic rings. The molecule has 0 bridgehead atoms. The number of hydrogen-bond acceptors (Lipinski definition) is 4. The van der Waals surface area contributed by atoms with E-state index in [9.17, 15) is 21.6 Å². The van der Waals surface area contributed by atoms with Gasteiger partial charge in [-0.3, -0.25) is 9.71 Å². The lowest BCUT2D eigenvalue weighted by atomic mass is 10.0. The molecule has 0 amide bonds. The Labute approximate surface area is 175 Å². The minimum absolute atomic E-state index is 0.137. The van der Waals surface area contributed by atoms with Crippen LogP contribution >= 0.6 is 22.9 Å². The summed E-state index contributed by atoms with van der Waals surface area (Å²) in [6.45, 7) is 4.11. The highest BCUT2D eigenvalue weighted by Crippen LogP contribution is 2.38. The van der Waals surface area contributed by atoms with Crippen LogP contribution in [0.25, 0.3) is 21.6 Å². The van der Waals surface area contributed by atoms with Crippen molar-refractivity contribution in [2.45, 2.75) is 25.3 Å². The van der Waals surface area contributed by atoms with E-state index in [1.807, 2.05) is 23.6 Å². The summed E-state index contributed by atoms with van der Waals surface area (Å²) in [5.74, 6) is 0.288. The number of thiophene rings is 1. The average molecular weight is 461 g/mol. The lowest BCUT2D eigenvalue weighted by molar-refractivity contribution is -0.0429. The second-order valence-corrected chi connectivity index (χ2v) is 9.56. The maximum atomic E-state index is 12.5. The largest absolute Gasteiger partial charge is 0.516 e. The van der Waals surface area contributed by atoms with Gasteiger partial charge in [-0.25, -0.2) is 0 Å². The fourth-order valence-electron chi connectivity index (χ4n) is 2.56. The summed E-state index contributed by atoms with van der Waals surface area (Å²) in [5, 5.41) is 2.09. The average Bonchev–Trinajstić information content (AvgIpc) is 3.10. The van der Waals surface area contributed by atoms with Gasteiger partial charge in [0.25, 0.3) is 0 Å². The summed E-state index contributed by atoms with van der Waals surface area (Å²) in [6.07, 6.45) is 1.75. The first-order chi connectivity index (χ1) is 13.5. The smallest absolute Gasteiger partial charge is 0.276 e. The van der Waals surface area contributed by atoms with Crippen LogP contribution < -0.4 is 4.72 Å². The Kier molecular flexibility index (Phi) is 5.93. The summed E-state index contributed by atoms with van der Waals surface area (Å²) >= 11 is 7.64. The molecule has 0 fully saturated rings. The number of pyridine rings is 1. The molecule has 2 heterocycles. The molecule has 2 aromatic heterocycles. The van der Waals surface area contributed by atoms with E-state index in [1.165, 1.54) is 28.2 Å². The van der Waals surface area contributed by atoms with Crippen LogP contribution in [0.5, 0.6) is 0 Å². The highest BCUT2D eigenvalue weighted by atomic mass is 35.5. The molecule has 154 valence electrons. The van der Waals surface area contributed by atoms with Crippen LogP contribution in [0.3, 0.4) is 0 Å². The van der Waals surface area contributed by atoms with E-state index in [-0.39, 0.29) is 16.6 Å². The van der Waals surface area contributed by atoms with Crippen LogP contribution in [0, 0.1) is 0 Å². The molecule has 0 radical (unpaired) electrons. The first kappa shape index (κ1) is 21.6. The Balaban J connectivity index is 1.89. The van der Waals surface area contributed by atoms with Crippen molar-refractivity contribution in [1.82, 2.24) is 4.98 Å². The summed E-state index contributed by atoms with van der Waals surface area (Å²) in [6, 6.07) is 9.71. The number of hydrogen-bond donors (Lipinski definition) is 1. The van der Waals surface area contributed by atoms with Gasteiger partial charge >= 0.3 is 15.5 Å². The van der Waals surface area contributed by atoms with Crippen LogP contribution in [0.2, 0.25) is 5.02 Å². The fraction of sp³-hybridized carbons (Fsp3) is 0.211. The predicted octanol–water partition coefficient (Wildman–Crippen LogP) is 6.52. The van der Waals surface area contributed by atoms with Gasteiger partial charge in [0, 0.05) is 22.3 Å². The van der Waals surface area contributed by atoms with Crippen LogP contribution in [0.1, 0.15) is 25.5 Å². The number of sulfonamides is 1. The predicted molar refractivity (Wildman–Crippen MR) is 111 cm³/mol. The zero-order chi connectivity index (χ0) is 21.4. The molecule has 0 aliphatic carbocycles. The van der Waals surface area contributed by atoms with Crippen molar-refractivity contribution in [2.75, 3.05) is 4.72 Å². The van der Waals surface area contributed by atoms with Gasteiger partial charge in [-0.15, -0.1) is 11.3 Å². The van der Waals surface area contributed by atoms with Crippen molar-refractivity contribution < 1.29 is 21.6 Å². The van der Waals surface area contributed by atoms with Gasteiger partial charge in [0.15, 0.2) is 0 Å². The lowest BCUT2D eigenvalue weighted by Crippen LogP contribution is -2.29. The zero-order valence-electron chi connectivity index (χ0n) is 15.3. The van der Waals surface area contributed by atoms with Gasteiger partial charge in [-0.1, -0.05) is 25.4 Å². The van der Waals surface area contributed by atoms with Gasteiger partial charge in [-0.2, -0.15) is 21.6 Å². The first-order valence-electron chi connectivity index (χ1n) is 8.42. The third kappa shape index (κ3) is 4.73. The minimum atomic E-state index is -5.50. The highest BCUT2D eigenvalue weighted by Gasteiger charge is 2.46. The number of aromatic nitrogens is 1. The van der Waals surface area contributed by atoms with Gasteiger partial charge in [0.1, 0.15) is 0 Å². The van der Waals surface area contributed by atoms with Gasteiger partial charge in [0.05, 0.1) is 10.7 Å². The van der Waals surface area contributed by atoms with Crippen molar-refractivity contribution in [1.29, 1.82) is 0 Å². The Morgan fingerprint density at radius 1 is 1.10 bits per heavy atom. The monoisotopic (exact) mass is 460 g/mol. The number of nitrogens with zero attached hydrogens (tertiary/aromatic N) is 1. The quantitative estimate of drug-likeness (QED) is 0.471. The van der Waals surface area contributed by atoms with Gasteiger partial charge in [-0.05, 0) is 58.8 Å². The van der Waals surface area contributed by atoms with Crippen molar-refractivity contribution in [3.8, 4) is 21.6 Å². The number of alkyl halides is 3. The summed E-state index contributed by atoms with van der Waals surface area (Å²) in [4.78, 5) is 5.15. The highest BCUT2D eigenvalue weighted by molar-refractivity contribution is 7.93. The molecule has 3 aromatic rings. The molecule has 1 aromatic carbocycles. The van der Waals surface area contributed by atoms with E-state index >= 15 is 0 Å². The molecule has 0 atom stereocenters. The van der Waals surface area contributed by atoms with E-state index in [1.54, 1.807) is 6.20 Å². The number of halogens is 4. The van der Waals surface area contributed by atoms with Crippen molar-refractivity contribution in [3.05, 3.63) is 58.7 Å². The number of nitrogens with one attached hydrogen (secondary N) is 1. The Bertz CT molecular complexity index is 1140. The van der Waals surface area contributed by atoms with Crippen molar-refractivity contribution >= 4 is 38.6 Å². The molecule has 1 N–H and O–H groups in total. The minimum Gasteiger partial charge on any atom is -0.276 e. The van der Waals surface area contributed by atoms with Gasteiger partial charge < -0.3 is 0 Å². The number of anilines is 1. The molecule has 10 heteroatoms. The molecule has 0 saturated carbocycles. The Morgan fingerprint density at radius 2 is 1.83 bits per heavy atom. The Hall–Kier alpha value is -2.10. The summed E-state index contributed by atoms with van der Waals surface area (Å²) in [5.41, 5.74) is -2.14. The molecule has 29 heavy (non-hydrogen) atoms. The maximum Gasteiger partial charge on any atom is 0.516 e. The topological polar surface area (TPSA) is 59.1 Å². The molecule has 4 nitrogen and oxygen atoms in total. The molecular formula is C19H16ClF3N2O2S2. The summed E-state index contributed by atoms with van der Waals surface area (Å²) < 4.78 is 61.5. The SMILES string of the molecule is CC(C)c1cc(-c2csc(-c3ccc(NS(=O)(=O)C(F)(F)F)cc3Cl)c2)ccn1. The molecule has 0 aliphatic heterocycles. The Morgan fingerprint density at radius 3 is 2.45 bits per heavy atom. The molecule has 3 rings (SSSR count). The van der Waals surface area contributed by atoms with Crippen LogP contribution in [0.4, 0.5) is 18.9 Å². The normalized spacial score (nSPS) is 12.4. The second-order valence-electron chi connectivity index (χ2n) is 6.57. The molecule has 0 saturated heterocycles. The standard InChI is InChI=1S/C19H16ClF3N2O2S2/c1-11(2)17-7-12(5-6-24-17)13-8-18(28-10-13)15-4-3-14(9-16(15)20)25-29(26,27)19(21,22)23/h3-11,25H,1-2H3. The molecule has 0 unspecified atom stereocenters. The van der Waals surface area contributed by atoms with E-state index in [2.05, 4.69) is 18.8 Å². The second kappa shape index (κ2) is 7.97. The summed E-state index contributed by atoms with van der Waals surface area (Å²) in [7, 11) is -5.50. The van der Waals surface area contributed by atoms with Gasteiger partial charge in [0.2, 0.25) is 0 Å². The van der Waals surface area contributed by atoms with Crippen molar-refractivity contribution in [2.24, 2.45) is 0 Å². The van der Waals surface area contributed by atoms with E-state index in [0.717, 1.165) is 27.8 Å². The van der Waals surface area contributed by atoms with Crippen LogP contribution in [0.15, 0.2) is 48.0 Å². The first-order valence-corrected chi connectivity index (χ1v) is 11.2. The third-order valence-corrected chi connectivity index (χ3v) is 6.49. The maximum absolute atomic E-state index is 12.5. The number of rotatable bonds is 5. The molecule has 0 spiro atoms. The van der Waals surface area contributed by atoms with Crippen molar-refractivity contribution in [3.63, 3.8) is 0 Å². The lowest BCUT2D eigenvalue weighted by Gasteiger charge is -2.11. The van der Waals surface area contributed by atoms with Crippen LogP contribution in [-0.4, -0.2) is 18.9 Å². The van der Waals surface area contributed by atoms with E-state index in [4.69, 9.17) is 11.6 Å². The van der Waals surface area contributed by atoms with E-state index in [0.29, 0.717) is 5.56 Å².